The molecular formula is C15H15N3O. The summed E-state index contributed by atoms with van der Waals surface area (Å²) in [5.41, 5.74) is 9.58. The van der Waals surface area contributed by atoms with Gasteiger partial charge in [0, 0.05) is 30.4 Å². The van der Waals surface area contributed by atoms with Crippen LogP contribution in [0, 0.1) is 0 Å². The van der Waals surface area contributed by atoms with E-state index in [4.69, 9.17) is 0 Å². The van der Waals surface area contributed by atoms with Crippen molar-refractivity contribution in [1.82, 2.24) is 15.8 Å². The molecule has 0 bridgehead atoms. The average Bonchev–Trinajstić information content (AvgIpc) is 2.98. The number of rotatable bonds is 3. The van der Waals surface area contributed by atoms with Crippen molar-refractivity contribution in [2.75, 3.05) is 6.54 Å². The zero-order valence-corrected chi connectivity index (χ0v) is 10.4. The van der Waals surface area contributed by atoms with E-state index in [0.717, 1.165) is 18.4 Å². The molecule has 96 valence electrons. The molecule has 2 atom stereocenters. The summed E-state index contributed by atoms with van der Waals surface area (Å²) in [5, 5.41) is 0. The predicted octanol–water partition coefficient (Wildman–Crippen LogP) is 1.83. The van der Waals surface area contributed by atoms with Crippen LogP contribution in [0.25, 0.3) is 0 Å². The van der Waals surface area contributed by atoms with Crippen LogP contribution in [0.3, 0.4) is 0 Å². The van der Waals surface area contributed by atoms with Crippen LogP contribution in [0.2, 0.25) is 0 Å². The second kappa shape index (κ2) is 5.30. The maximum Gasteiger partial charge on any atom is 0.150 e. The number of nitrogens with one attached hydrogen (secondary N) is 2. The van der Waals surface area contributed by atoms with Crippen molar-refractivity contribution in [3.8, 4) is 0 Å². The molecule has 0 spiro atoms. The summed E-state index contributed by atoms with van der Waals surface area (Å²) in [5.74, 6) is 0.338. The molecule has 1 saturated heterocycles. The first-order valence-corrected chi connectivity index (χ1v) is 6.32. The third kappa shape index (κ3) is 2.41. The quantitative estimate of drug-likeness (QED) is 0.819. The number of carbonyl (C=O) groups is 1. The Kier molecular flexibility index (Phi) is 3.35. The number of benzene rings is 1. The maximum atomic E-state index is 10.7. The second-order valence-electron chi connectivity index (χ2n) is 4.68. The first-order chi connectivity index (χ1) is 9.38. The van der Waals surface area contributed by atoms with Gasteiger partial charge in [0.15, 0.2) is 0 Å². The van der Waals surface area contributed by atoms with Crippen molar-refractivity contribution in [2.45, 2.75) is 12.0 Å². The fourth-order valence-corrected chi connectivity index (χ4v) is 2.50. The van der Waals surface area contributed by atoms with Crippen LogP contribution in [0.4, 0.5) is 0 Å². The summed E-state index contributed by atoms with van der Waals surface area (Å²) in [6.45, 7) is 0.861. The number of hydrazine groups is 1. The standard InChI is InChI=1S/C15H15N3O/c19-10-11-3-5-12(6-4-11)14-9-17-18-15(14)13-2-1-7-16-8-13/h1-8,10,14-15,17-18H,9H2. The Labute approximate surface area is 111 Å². The summed E-state index contributed by atoms with van der Waals surface area (Å²) in [6, 6.07) is 12.0. The van der Waals surface area contributed by atoms with Gasteiger partial charge in [0.1, 0.15) is 6.29 Å². The third-order valence-corrected chi connectivity index (χ3v) is 3.53. The van der Waals surface area contributed by atoms with Gasteiger partial charge < -0.3 is 0 Å². The summed E-state index contributed by atoms with van der Waals surface area (Å²) in [7, 11) is 0. The molecule has 0 aliphatic carbocycles. The first-order valence-electron chi connectivity index (χ1n) is 6.32. The van der Waals surface area contributed by atoms with E-state index in [2.05, 4.69) is 21.9 Å². The van der Waals surface area contributed by atoms with Crippen LogP contribution in [-0.2, 0) is 0 Å². The molecule has 1 aliphatic rings. The lowest BCUT2D eigenvalue weighted by Gasteiger charge is -2.18. The Morgan fingerprint density at radius 2 is 2.00 bits per heavy atom. The first kappa shape index (κ1) is 12.0. The van der Waals surface area contributed by atoms with E-state index < -0.39 is 0 Å². The van der Waals surface area contributed by atoms with Crippen molar-refractivity contribution < 1.29 is 4.79 Å². The van der Waals surface area contributed by atoms with Gasteiger partial charge in [-0.15, -0.1) is 0 Å². The van der Waals surface area contributed by atoms with E-state index in [-0.39, 0.29) is 6.04 Å². The molecule has 1 aliphatic heterocycles. The highest BCUT2D eigenvalue weighted by Gasteiger charge is 2.29. The number of nitrogens with zero attached hydrogens (tertiary/aromatic N) is 1. The van der Waals surface area contributed by atoms with Crippen LogP contribution < -0.4 is 10.9 Å². The molecule has 1 aromatic carbocycles. The predicted molar refractivity (Wildman–Crippen MR) is 72.7 cm³/mol. The Balaban J connectivity index is 1.88. The smallest absolute Gasteiger partial charge is 0.150 e. The Morgan fingerprint density at radius 3 is 2.68 bits per heavy atom. The van der Waals surface area contributed by atoms with Crippen molar-refractivity contribution in [3.05, 3.63) is 65.5 Å². The number of aldehydes is 1. The zero-order chi connectivity index (χ0) is 13.1. The summed E-state index contributed by atoms with van der Waals surface area (Å²) in [6.07, 6.45) is 4.53. The van der Waals surface area contributed by atoms with Crippen molar-refractivity contribution in [1.29, 1.82) is 0 Å². The van der Waals surface area contributed by atoms with Gasteiger partial charge in [0.05, 0.1) is 6.04 Å². The van der Waals surface area contributed by atoms with Gasteiger partial charge in [0.2, 0.25) is 0 Å². The molecule has 19 heavy (non-hydrogen) atoms. The zero-order valence-electron chi connectivity index (χ0n) is 10.4. The second-order valence-corrected chi connectivity index (χ2v) is 4.68. The van der Waals surface area contributed by atoms with E-state index in [0.29, 0.717) is 11.5 Å². The molecule has 4 heteroatoms. The van der Waals surface area contributed by atoms with Crippen LogP contribution in [0.1, 0.15) is 33.4 Å². The highest BCUT2D eigenvalue weighted by atomic mass is 16.1. The monoisotopic (exact) mass is 253 g/mol. The minimum absolute atomic E-state index is 0.204. The van der Waals surface area contributed by atoms with Gasteiger partial charge in [0.25, 0.3) is 0 Å². The van der Waals surface area contributed by atoms with Crippen LogP contribution in [0.15, 0.2) is 48.8 Å². The van der Waals surface area contributed by atoms with E-state index in [1.807, 2.05) is 36.5 Å². The number of aromatic nitrogens is 1. The minimum Gasteiger partial charge on any atom is -0.298 e. The highest BCUT2D eigenvalue weighted by Crippen LogP contribution is 2.32. The van der Waals surface area contributed by atoms with Crippen LogP contribution >= 0.6 is 0 Å². The van der Waals surface area contributed by atoms with E-state index >= 15 is 0 Å². The summed E-state index contributed by atoms with van der Waals surface area (Å²) in [4.78, 5) is 14.9. The molecular weight excluding hydrogens is 238 g/mol. The van der Waals surface area contributed by atoms with Gasteiger partial charge in [-0.1, -0.05) is 30.3 Å². The van der Waals surface area contributed by atoms with Crippen molar-refractivity contribution in [3.63, 3.8) is 0 Å². The lowest BCUT2D eigenvalue weighted by Crippen LogP contribution is -2.24. The number of hydrogen-bond donors (Lipinski definition) is 2. The number of pyridine rings is 1. The van der Waals surface area contributed by atoms with E-state index in [1.54, 1.807) is 6.20 Å². The lowest BCUT2D eigenvalue weighted by atomic mass is 9.89. The molecule has 4 nitrogen and oxygen atoms in total. The molecule has 2 unspecified atom stereocenters. The maximum absolute atomic E-state index is 10.7. The van der Waals surface area contributed by atoms with E-state index in [9.17, 15) is 4.79 Å². The fraction of sp³-hybridized carbons (Fsp3) is 0.200. The molecule has 0 saturated carbocycles. The molecule has 1 fully saturated rings. The fourth-order valence-electron chi connectivity index (χ4n) is 2.50. The molecule has 1 aromatic heterocycles. The van der Waals surface area contributed by atoms with Gasteiger partial charge in [-0.05, 0) is 17.2 Å². The molecule has 2 N–H and O–H groups in total. The highest BCUT2D eigenvalue weighted by molar-refractivity contribution is 5.74. The summed E-state index contributed by atoms with van der Waals surface area (Å²) >= 11 is 0. The normalized spacial score (nSPS) is 22.3. The van der Waals surface area contributed by atoms with Crippen molar-refractivity contribution >= 4 is 6.29 Å². The van der Waals surface area contributed by atoms with Crippen LogP contribution in [-0.4, -0.2) is 17.8 Å². The Hall–Kier alpha value is -2.04. The number of hydrogen-bond acceptors (Lipinski definition) is 4. The van der Waals surface area contributed by atoms with Gasteiger partial charge >= 0.3 is 0 Å². The molecule has 0 radical (unpaired) electrons. The average molecular weight is 253 g/mol. The molecule has 3 rings (SSSR count). The molecule has 0 amide bonds. The van der Waals surface area contributed by atoms with E-state index in [1.165, 1.54) is 5.56 Å². The molecule has 2 aromatic rings. The SMILES string of the molecule is O=Cc1ccc(C2CNNC2c2cccnc2)cc1. The van der Waals surface area contributed by atoms with Gasteiger partial charge in [-0.25, -0.2) is 5.43 Å². The largest absolute Gasteiger partial charge is 0.298 e. The number of carbonyl (C=O) groups excluding carboxylic acids is 1. The minimum atomic E-state index is 0.204. The topological polar surface area (TPSA) is 54.0 Å². The third-order valence-electron chi connectivity index (χ3n) is 3.53. The van der Waals surface area contributed by atoms with Crippen molar-refractivity contribution in [2.24, 2.45) is 0 Å². The summed E-state index contributed by atoms with van der Waals surface area (Å²) < 4.78 is 0. The van der Waals surface area contributed by atoms with Gasteiger partial charge in [-0.3, -0.25) is 15.2 Å². The molecule has 2 heterocycles. The van der Waals surface area contributed by atoms with Gasteiger partial charge in [-0.2, -0.15) is 0 Å². The van der Waals surface area contributed by atoms with Crippen LogP contribution in [0.5, 0.6) is 0 Å². The lowest BCUT2D eigenvalue weighted by molar-refractivity contribution is 0.112. The Morgan fingerprint density at radius 1 is 1.16 bits per heavy atom. The Bertz CT molecular complexity index is 553.